The Labute approximate surface area is 220 Å². The van der Waals surface area contributed by atoms with Crippen LogP contribution in [-0.4, -0.2) is 49.0 Å². The minimum atomic E-state index is -0.386. The summed E-state index contributed by atoms with van der Waals surface area (Å²) in [6.45, 7) is 4.19. The predicted molar refractivity (Wildman–Crippen MR) is 139 cm³/mol. The highest BCUT2D eigenvalue weighted by Crippen LogP contribution is 2.47. The van der Waals surface area contributed by atoms with Crippen LogP contribution in [0.3, 0.4) is 0 Å². The number of carbonyl (C=O) groups excluding carboxylic acids is 2. The second kappa shape index (κ2) is 9.97. The van der Waals surface area contributed by atoms with Gasteiger partial charge in [0.2, 0.25) is 0 Å². The van der Waals surface area contributed by atoms with Crippen molar-refractivity contribution in [2.45, 2.75) is 26.8 Å². The Hall–Kier alpha value is -4.32. The summed E-state index contributed by atoms with van der Waals surface area (Å²) in [5, 5.41) is 18.8. The van der Waals surface area contributed by atoms with Crippen LogP contribution in [0.15, 0.2) is 51.7 Å². The molecule has 1 aromatic carbocycles. The molecule has 2 aliphatic rings. The van der Waals surface area contributed by atoms with E-state index in [-0.39, 0.29) is 17.8 Å². The van der Waals surface area contributed by atoms with Crippen molar-refractivity contribution >= 4 is 33.7 Å². The fourth-order valence-corrected chi connectivity index (χ4v) is 5.33. The van der Waals surface area contributed by atoms with E-state index in [1.165, 1.54) is 0 Å². The number of hydrogen-bond donors (Lipinski definition) is 3. The van der Waals surface area contributed by atoms with Crippen molar-refractivity contribution in [3.63, 3.8) is 0 Å². The number of halogens is 1. The zero-order valence-electron chi connectivity index (χ0n) is 20.3. The average Bonchev–Trinajstić information content (AvgIpc) is 3.61. The SMILES string of the molecule is CCc1nc(C)c(C(=O)NC)n1Cc1c2ccocc-2c(Br)c1-c1ccccc1C(=O)Nc1nn[nH]n1. The zero-order valence-corrected chi connectivity index (χ0v) is 21.9. The Kier molecular flexibility index (Phi) is 6.57. The van der Waals surface area contributed by atoms with Crippen LogP contribution in [0.25, 0.3) is 22.3 Å². The second-order valence-electron chi connectivity index (χ2n) is 8.27. The predicted octanol–water partition coefficient (Wildman–Crippen LogP) is 4.05. The van der Waals surface area contributed by atoms with Crippen molar-refractivity contribution in [1.29, 1.82) is 0 Å². The van der Waals surface area contributed by atoms with Gasteiger partial charge in [-0.15, -0.1) is 5.10 Å². The number of benzene rings is 1. The molecule has 3 heterocycles. The molecule has 0 saturated heterocycles. The van der Waals surface area contributed by atoms with Crippen molar-refractivity contribution in [3.8, 4) is 22.3 Å². The number of nitrogens with zero attached hydrogens (tertiary/aromatic N) is 5. The van der Waals surface area contributed by atoms with Gasteiger partial charge in [-0.1, -0.05) is 30.2 Å². The number of hydrogen-bond acceptors (Lipinski definition) is 7. The fourth-order valence-electron chi connectivity index (χ4n) is 4.57. The summed E-state index contributed by atoms with van der Waals surface area (Å²) in [7, 11) is 1.60. The molecule has 1 aliphatic carbocycles. The number of rotatable bonds is 7. The van der Waals surface area contributed by atoms with Gasteiger partial charge in [0.1, 0.15) is 11.5 Å². The molecule has 2 aromatic heterocycles. The number of H-pyrrole nitrogens is 1. The lowest BCUT2D eigenvalue weighted by Crippen LogP contribution is -2.23. The van der Waals surface area contributed by atoms with E-state index in [4.69, 9.17) is 4.42 Å². The van der Waals surface area contributed by atoms with E-state index in [0.29, 0.717) is 35.5 Å². The summed E-state index contributed by atoms with van der Waals surface area (Å²) in [6, 6.07) is 9.16. The zero-order chi connectivity index (χ0) is 26.1. The minimum absolute atomic E-state index is 0.0715. The maximum absolute atomic E-state index is 13.3. The van der Waals surface area contributed by atoms with E-state index >= 15 is 0 Å². The van der Waals surface area contributed by atoms with Gasteiger partial charge < -0.3 is 14.3 Å². The molecule has 5 rings (SSSR count). The van der Waals surface area contributed by atoms with Gasteiger partial charge in [-0.25, -0.2) is 4.98 Å². The van der Waals surface area contributed by atoms with Crippen molar-refractivity contribution in [2.75, 3.05) is 12.4 Å². The summed E-state index contributed by atoms with van der Waals surface area (Å²) in [4.78, 5) is 30.7. The molecular formula is C25H23BrN8O3. The van der Waals surface area contributed by atoms with Crippen molar-refractivity contribution in [1.82, 2.24) is 35.5 Å². The molecule has 12 heteroatoms. The lowest BCUT2D eigenvalue weighted by Gasteiger charge is -2.15. The lowest BCUT2D eigenvalue weighted by molar-refractivity contribution is 0.0952. The van der Waals surface area contributed by atoms with Crippen LogP contribution in [0.1, 0.15) is 44.9 Å². The highest BCUT2D eigenvalue weighted by Gasteiger charge is 2.28. The number of fused-ring (bicyclic) bond motifs is 1. The normalized spacial score (nSPS) is 11.1. The van der Waals surface area contributed by atoms with Gasteiger partial charge in [0.05, 0.1) is 24.8 Å². The number of tetrazole rings is 1. The molecule has 0 spiro atoms. The number of amides is 2. The minimum Gasteiger partial charge on any atom is -0.472 e. The quantitative estimate of drug-likeness (QED) is 0.271. The average molecular weight is 563 g/mol. The van der Waals surface area contributed by atoms with Crippen LogP contribution in [0, 0.1) is 6.92 Å². The number of aryl methyl sites for hydroxylation is 2. The van der Waals surface area contributed by atoms with Crippen molar-refractivity contribution in [2.24, 2.45) is 0 Å². The van der Waals surface area contributed by atoms with E-state index in [0.717, 1.165) is 32.6 Å². The first-order chi connectivity index (χ1) is 17.9. The monoisotopic (exact) mass is 562 g/mol. The lowest BCUT2D eigenvalue weighted by atomic mass is 9.97. The van der Waals surface area contributed by atoms with E-state index in [9.17, 15) is 9.59 Å². The molecule has 0 unspecified atom stereocenters. The number of nitrogens with one attached hydrogen (secondary N) is 3. The number of carbonyl (C=O) groups is 2. The molecule has 11 nitrogen and oxygen atoms in total. The van der Waals surface area contributed by atoms with E-state index < -0.39 is 0 Å². The summed E-state index contributed by atoms with van der Waals surface area (Å²) in [6.07, 6.45) is 3.91. The van der Waals surface area contributed by atoms with Gasteiger partial charge >= 0.3 is 0 Å². The topological polar surface area (TPSA) is 144 Å². The van der Waals surface area contributed by atoms with Gasteiger partial charge in [-0.2, -0.15) is 5.21 Å². The summed E-state index contributed by atoms with van der Waals surface area (Å²) in [5.41, 5.74) is 5.77. The van der Waals surface area contributed by atoms with Crippen LogP contribution in [0.5, 0.6) is 0 Å². The Morgan fingerprint density at radius 1 is 1.14 bits per heavy atom. The highest BCUT2D eigenvalue weighted by molar-refractivity contribution is 9.10. The number of aromatic nitrogens is 6. The molecule has 0 fully saturated rings. The summed E-state index contributed by atoms with van der Waals surface area (Å²) >= 11 is 3.76. The molecular weight excluding hydrogens is 540 g/mol. The molecule has 0 atom stereocenters. The van der Waals surface area contributed by atoms with Gasteiger partial charge in [-0.3, -0.25) is 14.9 Å². The number of anilines is 1. The first-order valence-electron chi connectivity index (χ1n) is 11.5. The molecule has 2 amide bonds. The molecule has 3 aromatic rings. The third kappa shape index (κ3) is 4.29. The number of aromatic amines is 1. The van der Waals surface area contributed by atoms with Crippen molar-refractivity contribution in [3.05, 3.63) is 75.7 Å². The third-order valence-corrected chi connectivity index (χ3v) is 7.00. The molecule has 37 heavy (non-hydrogen) atoms. The largest absolute Gasteiger partial charge is 0.472 e. The Morgan fingerprint density at radius 3 is 2.68 bits per heavy atom. The number of imidazole rings is 1. The summed E-state index contributed by atoms with van der Waals surface area (Å²) in [5.74, 6) is 0.262. The molecule has 188 valence electrons. The van der Waals surface area contributed by atoms with Crippen LogP contribution in [0.2, 0.25) is 0 Å². The molecule has 0 radical (unpaired) electrons. The molecule has 1 aliphatic heterocycles. The Bertz CT molecular complexity index is 1570. The Morgan fingerprint density at radius 2 is 1.95 bits per heavy atom. The van der Waals surface area contributed by atoms with Crippen LogP contribution >= 0.6 is 15.9 Å². The molecule has 3 N–H and O–H groups in total. The van der Waals surface area contributed by atoms with E-state index in [1.807, 2.05) is 36.6 Å². The van der Waals surface area contributed by atoms with Crippen molar-refractivity contribution < 1.29 is 14.0 Å². The van der Waals surface area contributed by atoms with E-state index in [2.05, 4.69) is 52.2 Å². The van der Waals surface area contributed by atoms with Crippen LogP contribution in [-0.2, 0) is 13.0 Å². The fraction of sp³-hybridized carbons (Fsp3) is 0.200. The highest BCUT2D eigenvalue weighted by atomic mass is 79.9. The van der Waals surface area contributed by atoms with Gasteiger partial charge in [0.15, 0.2) is 0 Å². The van der Waals surface area contributed by atoms with Gasteiger partial charge in [0.25, 0.3) is 17.8 Å². The first-order valence-corrected chi connectivity index (χ1v) is 12.3. The first kappa shape index (κ1) is 24.4. The van der Waals surface area contributed by atoms with E-state index in [1.54, 1.807) is 31.7 Å². The molecule has 0 saturated carbocycles. The van der Waals surface area contributed by atoms with Crippen LogP contribution in [0.4, 0.5) is 5.95 Å². The van der Waals surface area contributed by atoms with Crippen LogP contribution < -0.4 is 10.6 Å². The van der Waals surface area contributed by atoms with Gasteiger partial charge in [-0.05, 0) is 56.9 Å². The summed E-state index contributed by atoms with van der Waals surface area (Å²) < 4.78 is 8.19. The maximum atomic E-state index is 13.3. The maximum Gasteiger partial charge on any atom is 0.270 e. The standard InChI is InChI=1S/C25H23BrN8O3/c1-4-19-28-13(2)22(24(36)27-3)34(19)11-17-14-9-10-37-12-18(14)21(26)20(17)15-7-5-6-8-16(15)23(35)29-25-30-32-33-31-25/h5-10,12H,4,11H2,1-3H3,(H,27,36)(H2,29,30,31,32,33,35). The smallest absolute Gasteiger partial charge is 0.270 e. The second-order valence-corrected chi connectivity index (χ2v) is 9.06. The third-order valence-electron chi connectivity index (χ3n) is 6.18. The molecule has 0 bridgehead atoms. The Balaban J connectivity index is 1.71. The van der Waals surface area contributed by atoms with Gasteiger partial charge in [0, 0.05) is 34.6 Å².